The number of carbonyl (C=O) groups excluding carboxylic acids is 1. The molecule has 1 atom stereocenters. The van der Waals surface area contributed by atoms with Crippen molar-refractivity contribution in [1.29, 1.82) is 0 Å². The molecule has 1 heterocycles. The third kappa shape index (κ3) is 4.49. The van der Waals surface area contributed by atoms with E-state index in [1.165, 1.54) is 42.5 Å². The summed E-state index contributed by atoms with van der Waals surface area (Å²) in [7, 11) is -3.96. The van der Waals surface area contributed by atoms with Crippen molar-refractivity contribution < 1.29 is 22.0 Å². The van der Waals surface area contributed by atoms with Crippen LogP contribution in [0.1, 0.15) is 26.0 Å². The number of hydrogen-bond donors (Lipinski definition) is 1. The second-order valence-corrected chi connectivity index (χ2v) is 9.78. The predicted octanol–water partition coefficient (Wildman–Crippen LogP) is 4.93. The van der Waals surface area contributed by atoms with Crippen molar-refractivity contribution in [3.8, 4) is 0 Å². The average molecular weight is 456 g/mol. The monoisotopic (exact) mass is 455 g/mol. The number of nitrogens with one attached hydrogen (secondary N) is 1. The molecule has 0 fully saturated rings. The molecular weight excluding hydrogens is 440 g/mol. The number of benzene rings is 2. The molecule has 0 aliphatic heterocycles. The normalized spacial score (nSPS) is 12.6. The highest BCUT2D eigenvalue weighted by Crippen LogP contribution is 2.32. The molecule has 1 N–H and O–H groups in total. The summed E-state index contributed by atoms with van der Waals surface area (Å²) >= 11 is 7.11. The van der Waals surface area contributed by atoms with Crippen molar-refractivity contribution in [2.24, 2.45) is 0 Å². The number of aryl methyl sites for hydroxylation is 1. The quantitative estimate of drug-likeness (QED) is 0.536. The molecule has 0 saturated heterocycles. The largest absolute Gasteiger partial charge is 0.350 e. The van der Waals surface area contributed by atoms with E-state index in [2.05, 4.69) is 5.32 Å². The molecule has 152 valence electrons. The summed E-state index contributed by atoms with van der Waals surface area (Å²) in [5.41, 5.74) is -0.160. The molecule has 29 heavy (non-hydrogen) atoms. The first-order chi connectivity index (χ1) is 13.7. The second kappa shape index (κ2) is 8.61. The lowest BCUT2D eigenvalue weighted by atomic mass is 10.2. The van der Waals surface area contributed by atoms with E-state index in [4.69, 9.17) is 11.6 Å². The maximum absolute atomic E-state index is 14.0. The number of halogens is 3. The summed E-state index contributed by atoms with van der Waals surface area (Å²) in [6, 6.07) is 10.7. The molecule has 1 amide bonds. The zero-order valence-corrected chi connectivity index (χ0v) is 17.5. The minimum atomic E-state index is -3.96. The van der Waals surface area contributed by atoms with Crippen LogP contribution in [-0.4, -0.2) is 20.9 Å². The summed E-state index contributed by atoms with van der Waals surface area (Å²) in [6.45, 7) is 1.17. The van der Waals surface area contributed by atoms with E-state index in [1.54, 1.807) is 17.5 Å². The predicted molar refractivity (Wildman–Crippen MR) is 109 cm³/mol. The van der Waals surface area contributed by atoms with Gasteiger partial charge in [0.25, 0.3) is 5.91 Å². The molecule has 1 aromatic heterocycles. The van der Waals surface area contributed by atoms with Crippen LogP contribution in [0, 0.1) is 18.6 Å². The number of sulfone groups is 1. The maximum atomic E-state index is 14.0. The molecule has 2 aromatic carbocycles. The van der Waals surface area contributed by atoms with Gasteiger partial charge < -0.3 is 5.32 Å². The summed E-state index contributed by atoms with van der Waals surface area (Å²) < 4.78 is 54.0. The van der Waals surface area contributed by atoms with Crippen molar-refractivity contribution in [3.05, 3.63) is 86.6 Å². The fourth-order valence-electron chi connectivity index (χ4n) is 2.78. The minimum absolute atomic E-state index is 0.0621. The van der Waals surface area contributed by atoms with Gasteiger partial charge in [-0.3, -0.25) is 4.79 Å². The average Bonchev–Trinajstić information content (AvgIpc) is 3.18. The van der Waals surface area contributed by atoms with Crippen LogP contribution >= 0.6 is 22.9 Å². The van der Waals surface area contributed by atoms with Gasteiger partial charge >= 0.3 is 0 Å². The van der Waals surface area contributed by atoms with Gasteiger partial charge in [-0.15, -0.1) is 11.3 Å². The van der Waals surface area contributed by atoms with Crippen molar-refractivity contribution in [2.45, 2.75) is 17.1 Å². The zero-order chi connectivity index (χ0) is 21.2. The number of carbonyl (C=O) groups is 1. The van der Waals surface area contributed by atoms with Crippen molar-refractivity contribution >= 4 is 38.7 Å². The summed E-state index contributed by atoms with van der Waals surface area (Å²) in [4.78, 5) is 12.9. The first kappa shape index (κ1) is 21.4. The van der Waals surface area contributed by atoms with Gasteiger partial charge in [-0.25, -0.2) is 17.2 Å². The Morgan fingerprint density at radius 2 is 1.90 bits per heavy atom. The molecule has 0 spiro atoms. The molecule has 0 saturated carbocycles. The Bertz CT molecular complexity index is 1130. The lowest BCUT2D eigenvalue weighted by Gasteiger charge is -2.18. The highest BCUT2D eigenvalue weighted by atomic mass is 35.5. The Labute approximate surface area is 176 Å². The Balaban J connectivity index is 1.93. The number of thiophene rings is 1. The van der Waals surface area contributed by atoms with Gasteiger partial charge in [-0.1, -0.05) is 23.7 Å². The SMILES string of the molecule is Cc1cc(S(=O)(=O)[C@@H](CNC(=O)c2c(F)cccc2Cl)c2cccs2)ccc1F. The van der Waals surface area contributed by atoms with Crippen molar-refractivity contribution in [2.75, 3.05) is 6.54 Å². The Morgan fingerprint density at radius 1 is 1.14 bits per heavy atom. The molecular formula is C20H16ClF2NO3S2. The fourth-order valence-corrected chi connectivity index (χ4v) is 5.90. The Kier molecular flexibility index (Phi) is 6.36. The topological polar surface area (TPSA) is 63.2 Å². The standard InChI is InChI=1S/C20H16ClF2NO3S2/c1-12-10-13(7-8-15(12)22)29(26,27)18(17-6-3-9-28-17)11-24-20(25)19-14(21)4-2-5-16(19)23/h2-10,18H,11H2,1H3,(H,24,25)/t18-/m0/s1. The Hall–Kier alpha value is -2.29. The van der Waals surface area contributed by atoms with Crippen molar-refractivity contribution in [1.82, 2.24) is 5.32 Å². The van der Waals surface area contributed by atoms with E-state index in [1.807, 2.05) is 0 Å². The third-order valence-electron chi connectivity index (χ3n) is 4.33. The van der Waals surface area contributed by atoms with E-state index in [-0.39, 0.29) is 27.6 Å². The van der Waals surface area contributed by atoms with Crippen LogP contribution in [0.4, 0.5) is 8.78 Å². The van der Waals surface area contributed by atoms with E-state index in [0.717, 1.165) is 12.1 Å². The lowest BCUT2D eigenvalue weighted by Crippen LogP contribution is -2.32. The Morgan fingerprint density at radius 3 is 2.52 bits per heavy atom. The van der Waals surface area contributed by atoms with Gasteiger partial charge in [0, 0.05) is 11.4 Å². The van der Waals surface area contributed by atoms with Gasteiger partial charge in [0.2, 0.25) is 0 Å². The van der Waals surface area contributed by atoms with E-state index < -0.39 is 32.6 Å². The number of amides is 1. The van der Waals surface area contributed by atoms with Gasteiger partial charge in [0.15, 0.2) is 9.84 Å². The summed E-state index contributed by atoms with van der Waals surface area (Å²) in [6.07, 6.45) is 0. The lowest BCUT2D eigenvalue weighted by molar-refractivity contribution is 0.0950. The first-order valence-corrected chi connectivity index (χ1v) is 11.3. The summed E-state index contributed by atoms with van der Waals surface area (Å²) in [5, 5.41) is 2.97. The maximum Gasteiger partial charge on any atom is 0.255 e. The summed E-state index contributed by atoms with van der Waals surface area (Å²) in [5.74, 6) is -2.14. The highest BCUT2D eigenvalue weighted by molar-refractivity contribution is 7.91. The molecule has 3 rings (SSSR count). The van der Waals surface area contributed by atoms with Gasteiger partial charge in [0.1, 0.15) is 16.9 Å². The molecule has 9 heteroatoms. The molecule has 0 aliphatic carbocycles. The van der Waals surface area contributed by atoms with Crippen LogP contribution < -0.4 is 5.32 Å². The van der Waals surface area contributed by atoms with Crippen LogP contribution in [-0.2, 0) is 9.84 Å². The molecule has 0 radical (unpaired) electrons. The van der Waals surface area contributed by atoms with Crippen LogP contribution in [0.5, 0.6) is 0 Å². The molecule has 0 bridgehead atoms. The van der Waals surface area contributed by atoms with Gasteiger partial charge in [-0.05, 0) is 54.3 Å². The van der Waals surface area contributed by atoms with Gasteiger partial charge in [-0.2, -0.15) is 0 Å². The second-order valence-electron chi connectivity index (χ2n) is 6.27. The van der Waals surface area contributed by atoms with Crippen LogP contribution in [0.3, 0.4) is 0 Å². The minimum Gasteiger partial charge on any atom is -0.350 e. The highest BCUT2D eigenvalue weighted by Gasteiger charge is 2.31. The first-order valence-electron chi connectivity index (χ1n) is 8.47. The smallest absolute Gasteiger partial charge is 0.255 e. The molecule has 3 aromatic rings. The fraction of sp³-hybridized carbons (Fsp3) is 0.150. The number of hydrogen-bond acceptors (Lipinski definition) is 4. The van der Waals surface area contributed by atoms with E-state index in [0.29, 0.717) is 4.88 Å². The van der Waals surface area contributed by atoms with Crippen LogP contribution in [0.15, 0.2) is 58.8 Å². The molecule has 0 unspecified atom stereocenters. The van der Waals surface area contributed by atoms with Crippen molar-refractivity contribution in [3.63, 3.8) is 0 Å². The zero-order valence-electron chi connectivity index (χ0n) is 15.2. The van der Waals surface area contributed by atoms with Crippen LogP contribution in [0.25, 0.3) is 0 Å². The third-order valence-corrected chi connectivity index (χ3v) is 7.86. The molecule has 0 aliphatic rings. The van der Waals surface area contributed by atoms with Gasteiger partial charge in [0.05, 0.1) is 15.5 Å². The molecule has 4 nitrogen and oxygen atoms in total. The van der Waals surface area contributed by atoms with Crippen LogP contribution in [0.2, 0.25) is 5.02 Å². The van der Waals surface area contributed by atoms with E-state index >= 15 is 0 Å². The number of rotatable bonds is 6. The van der Waals surface area contributed by atoms with E-state index in [9.17, 15) is 22.0 Å².